The molecule has 1 aliphatic heterocycles. The van der Waals surface area contributed by atoms with Gasteiger partial charge in [0.25, 0.3) is 0 Å². The fourth-order valence-corrected chi connectivity index (χ4v) is 3.19. The highest BCUT2D eigenvalue weighted by Gasteiger charge is 2.37. The van der Waals surface area contributed by atoms with E-state index in [1.54, 1.807) is 6.26 Å². The minimum Gasteiger partial charge on any atom is -0.325 e. The van der Waals surface area contributed by atoms with Crippen molar-refractivity contribution in [3.8, 4) is 0 Å². The van der Waals surface area contributed by atoms with Crippen molar-refractivity contribution in [2.24, 2.45) is 0 Å². The molecule has 3 unspecified atom stereocenters. The van der Waals surface area contributed by atoms with E-state index in [4.69, 9.17) is 0 Å². The number of carbonyl (C=O) groups excluding carboxylic acids is 1. The molecule has 1 N–H and O–H groups in total. The van der Waals surface area contributed by atoms with Crippen molar-refractivity contribution in [3.05, 3.63) is 35.9 Å². The molecule has 1 heterocycles. The summed E-state index contributed by atoms with van der Waals surface area (Å²) in [6.45, 7) is 2.65. The van der Waals surface area contributed by atoms with Crippen LogP contribution in [0, 0.1) is 0 Å². The van der Waals surface area contributed by atoms with E-state index in [0.717, 1.165) is 19.3 Å². The van der Waals surface area contributed by atoms with E-state index in [2.05, 4.69) is 24.4 Å². The Bertz CT molecular complexity index is 492. The van der Waals surface area contributed by atoms with Crippen LogP contribution >= 0.6 is 0 Å². The van der Waals surface area contributed by atoms with Gasteiger partial charge in [-0.1, -0.05) is 37.3 Å². The zero-order valence-corrected chi connectivity index (χ0v) is 13.6. The third-order valence-corrected chi connectivity index (χ3v) is 4.68. The van der Waals surface area contributed by atoms with Crippen molar-refractivity contribution in [1.29, 1.82) is 0 Å². The molecule has 1 amide bonds. The Morgan fingerprint density at radius 2 is 2.00 bits per heavy atom. The third kappa shape index (κ3) is 4.38. The quantitative estimate of drug-likeness (QED) is 0.831. The predicted molar refractivity (Wildman–Crippen MR) is 86.4 cm³/mol. The lowest BCUT2D eigenvalue weighted by Crippen LogP contribution is -2.39. The van der Waals surface area contributed by atoms with Crippen molar-refractivity contribution in [2.45, 2.75) is 38.4 Å². The van der Waals surface area contributed by atoms with Crippen LogP contribution < -0.4 is 5.32 Å². The first-order valence-electron chi connectivity index (χ1n) is 7.52. The minimum absolute atomic E-state index is 0.0850. The molecule has 3 atom stereocenters. The average Bonchev–Trinajstić information content (AvgIpc) is 2.79. The maximum Gasteiger partial charge on any atom is 0.241 e. The Morgan fingerprint density at radius 3 is 2.62 bits per heavy atom. The number of nitrogens with zero attached hydrogens (tertiary/aromatic N) is 1. The van der Waals surface area contributed by atoms with E-state index in [1.165, 1.54) is 5.56 Å². The summed E-state index contributed by atoms with van der Waals surface area (Å²) >= 11 is 0. The highest BCUT2D eigenvalue weighted by atomic mass is 32.2. The number of aryl methyl sites for hydroxylation is 1. The van der Waals surface area contributed by atoms with E-state index in [-0.39, 0.29) is 18.1 Å². The standard InChI is InChI=1S/C16H24N2O2S/c1-3-15-17-14(10-9-13-7-5-4-6-8-13)16(19)18(15)11-12-21(2)20/h4-8,14-15,17H,3,9-12H2,1-2H3. The Morgan fingerprint density at radius 1 is 1.29 bits per heavy atom. The van der Waals surface area contributed by atoms with Crippen LogP contribution in [0.25, 0.3) is 0 Å². The van der Waals surface area contributed by atoms with Crippen molar-refractivity contribution in [1.82, 2.24) is 10.2 Å². The molecule has 1 aromatic carbocycles. The molecule has 0 spiro atoms. The third-order valence-electron chi connectivity index (χ3n) is 3.92. The van der Waals surface area contributed by atoms with Gasteiger partial charge >= 0.3 is 0 Å². The van der Waals surface area contributed by atoms with E-state index in [1.807, 2.05) is 23.1 Å². The Labute approximate surface area is 129 Å². The summed E-state index contributed by atoms with van der Waals surface area (Å²) in [6.07, 6.45) is 4.35. The summed E-state index contributed by atoms with van der Waals surface area (Å²) in [6, 6.07) is 10.1. The summed E-state index contributed by atoms with van der Waals surface area (Å²) < 4.78 is 11.2. The van der Waals surface area contributed by atoms with Gasteiger partial charge in [0.1, 0.15) is 0 Å². The Hall–Kier alpha value is -1.20. The van der Waals surface area contributed by atoms with Crippen molar-refractivity contribution in [2.75, 3.05) is 18.6 Å². The van der Waals surface area contributed by atoms with Gasteiger partial charge < -0.3 is 4.90 Å². The lowest BCUT2D eigenvalue weighted by atomic mass is 10.1. The molecule has 21 heavy (non-hydrogen) atoms. The zero-order chi connectivity index (χ0) is 15.2. The van der Waals surface area contributed by atoms with Crippen LogP contribution in [-0.4, -0.2) is 45.8 Å². The van der Waals surface area contributed by atoms with Gasteiger partial charge in [0.05, 0.1) is 12.2 Å². The van der Waals surface area contributed by atoms with Gasteiger partial charge in [0, 0.05) is 29.4 Å². The molecule has 0 aliphatic carbocycles. The van der Waals surface area contributed by atoms with Gasteiger partial charge in [-0.15, -0.1) is 0 Å². The first-order valence-corrected chi connectivity index (χ1v) is 9.25. The number of rotatable bonds is 7. The van der Waals surface area contributed by atoms with Gasteiger partial charge in [0.2, 0.25) is 5.91 Å². The zero-order valence-electron chi connectivity index (χ0n) is 12.7. The maximum atomic E-state index is 12.5. The van der Waals surface area contributed by atoms with Gasteiger partial charge in [-0.2, -0.15) is 0 Å². The van der Waals surface area contributed by atoms with Crippen LogP contribution in [0.1, 0.15) is 25.3 Å². The van der Waals surface area contributed by atoms with E-state index < -0.39 is 10.8 Å². The molecule has 4 nitrogen and oxygen atoms in total. The number of carbonyl (C=O) groups is 1. The molecule has 0 radical (unpaired) electrons. The average molecular weight is 308 g/mol. The Kier molecular flexibility index (Phi) is 5.94. The number of amides is 1. The van der Waals surface area contributed by atoms with Crippen LogP contribution in [0.4, 0.5) is 0 Å². The smallest absolute Gasteiger partial charge is 0.241 e. The molecule has 116 valence electrons. The van der Waals surface area contributed by atoms with Gasteiger partial charge in [-0.3, -0.25) is 14.3 Å². The van der Waals surface area contributed by atoms with Crippen LogP contribution in [0.2, 0.25) is 0 Å². The molecular formula is C16H24N2O2S. The van der Waals surface area contributed by atoms with E-state index in [0.29, 0.717) is 12.3 Å². The lowest BCUT2D eigenvalue weighted by molar-refractivity contribution is -0.129. The molecular weight excluding hydrogens is 284 g/mol. The summed E-state index contributed by atoms with van der Waals surface area (Å²) in [7, 11) is -0.860. The van der Waals surface area contributed by atoms with Gasteiger partial charge in [-0.05, 0) is 24.8 Å². The Balaban J connectivity index is 1.92. The van der Waals surface area contributed by atoms with Crippen LogP contribution in [0.3, 0.4) is 0 Å². The first kappa shape index (κ1) is 16.2. The molecule has 0 saturated carbocycles. The summed E-state index contributed by atoms with van der Waals surface area (Å²) in [5, 5.41) is 3.41. The second-order valence-corrected chi connectivity index (χ2v) is 7.03. The topological polar surface area (TPSA) is 49.4 Å². The summed E-state index contributed by atoms with van der Waals surface area (Å²) in [4.78, 5) is 14.3. The highest BCUT2D eigenvalue weighted by molar-refractivity contribution is 7.84. The normalized spacial score (nSPS) is 23.5. The summed E-state index contributed by atoms with van der Waals surface area (Å²) in [5.74, 6) is 0.707. The van der Waals surface area contributed by atoms with Gasteiger partial charge in [-0.25, -0.2) is 0 Å². The fraction of sp³-hybridized carbons (Fsp3) is 0.562. The monoisotopic (exact) mass is 308 g/mol. The molecule has 5 heteroatoms. The molecule has 1 aliphatic rings. The number of hydrogen-bond acceptors (Lipinski definition) is 3. The second-order valence-electron chi connectivity index (χ2n) is 5.48. The van der Waals surface area contributed by atoms with Crippen molar-refractivity contribution >= 4 is 16.7 Å². The molecule has 0 bridgehead atoms. The SMILES string of the molecule is CCC1NC(CCc2ccccc2)C(=O)N1CCS(C)=O. The highest BCUT2D eigenvalue weighted by Crippen LogP contribution is 2.17. The number of benzene rings is 1. The molecule has 1 saturated heterocycles. The van der Waals surface area contributed by atoms with E-state index in [9.17, 15) is 9.00 Å². The number of hydrogen-bond donors (Lipinski definition) is 1. The molecule has 2 rings (SSSR count). The van der Waals surface area contributed by atoms with Crippen molar-refractivity contribution < 1.29 is 9.00 Å². The summed E-state index contributed by atoms with van der Waals surface area (Å²) in [5.41, 5.74) is 1.26. The fourth-order valence-electron chi connectivity index (χ4n) is 2.74. The van der Waals surface area contributed by atoms with Crippen LogP contribution in [0.15, 0.2) is 30.3 Å². The van der Waals surface area contributed by atoms with Crippen LogP contribution in [0.5, 0.6) is 0 Å². The first-order chi connectivity index (χ1) is 10.1. The lowest BCUT2D eigenvalue weighted by Gasteiger charge is -2.22. The largest absolute Gasteiger partial charge is 0.325 e. The van der Waals surface area contributed by atoms with Crippen LogP contribution in [-0.2, 0) is 22.0 Å². The van der Waals surface area contributed by atoms with Gasteiger partial charge in [0.15, 0.2) is 0 Å². The number of nitrogens with one attached hydrogen (secondary N) is 1. The molecule has 0 aromatic heterocycles. The molecule has 1 fully saturated rings. The molecule has 1 aromatic rings. The van der Waals surface area contributed by atoms with E-state index >= 15 is 0 Å². The second kappa shape index (κ2) is 7.71. The minimum atomic E-state index is -0.860. The maximum absolute atomic E-state index is 12.5. The predicted octanol–water partition coefficient (Wildman–Crippen LogP) is 1.53. The van der Waals surface area contributed by atoms with Crippen molar-refractivity contribution in [3.63, 3.8) is 0 Å².